The molecule has 3 nitrogen and oxygen atoms in total. The second kappa shape index (κ2) is 6.46. The van der Waals surface area contributed by atoms with E-state index in [1.165, 1.54) is 29.0 Å². The molecule has 0 fully saturated rings. The number of carbonyl (C=O) groups is 1. The summed E-state index contributed by atoms with van der Waals surface area (Å²) in [4.78, 5) is 17.2. The molecule has 2 aromatic carbocycles. The van der Waals surface area contributed by atoms with E-state index < -0.39 is 0 Å². The van der Waals surface area contributed by atoms with Crippen molar-refractivity contribution < 1.29 is 9.18 Å². The SMILES string of the molecule is CCn1c(=NC(=O)Cc2ccc(F)cc2)sc2cc(C)ccc21. The predicted octanol–water partition coefficient (Wildman–Crippen LogP) is 3.84. The Morgan fingerprint density at radius 2 is 1.96 bits per heavy atom. The molecule has 0 aliphatic rings. The van der Waals surface area contributed by atoms with Gasteiger partial charge in [-0.15, -0.1) is 0 Å². The molecule has 0 saturated carbocycles. The summed E-state index contributed by atoms with van der Waals surface area (Å²) < 4.78 is 16.1. The van der Waals surface area contributed by atoms with E-state index >= 15 is 0 Å². The van der Waals surface area contributed by atoms with Crippen LogP contribution in [0, 0.1) is 12.7 Å². The van der Waals surface area contributed by atoms with Gasteiger partial charge in [-0.2, -0.15) is 4.99 Å². The summed E-state index contributed by atoms with van der Waals surface area (Å²) in [5, 5.41) is 0. The third-order valence-corrected chi connectivity index (χ3v) is 4.68. The van der Waals surface area contributed by atoms with E-state index in [0.717, 1.165) is 22.3 Å². The number of hydrogen-bond acceptors (Lipinski definition) is 2. The number of halogens is 1. The first-order valence-electron chi connectivity index (χ1n) is 7.49. The second-order valence-electron chi connectivity index (χ2n) is 5.41. The van der Waals surface area contributed by atoms with Crippen LogP contribution in [0.4, 0.5) is 4.39 Å². The first-order valence-corrected chi connectivity index (χ1v) is 8.30. The molecule has 0 bridgehead atoms. The summed E-state index contributed by atoms with van der Waals surface area (Å²) in [7, 11) is 0. The van der Waals surface area contributed by atoms with Gasteiger partial charge in [0.05, 0.1) is 16.6 Å². The van der Waals surface area contributed by atoms with E-state index in [-0.39, 0.29) is 18.1 Å². The topological polar surface area (TPSA) is 34.4 Å². The standard InChI is InChI=1S/C18H17FN2OS/c1-3-21-15-9-4-12(2)10-16(15)23-18(21)20-17(22)11-13-5-7-14(19)8-6-13/h4-10H,3,11H2,1-2H3. The summed E-state index contributed by atoms with van der Waals surface area (Å²) in [5.41, 5.74) is 3.04. The van der Waals surface area contributed by atoms with Gasteiger partial charge in [-0.1, -0.05) is 29.5 Å². The third kappa shape index (κ3) is 3.40. The average Bonchev–Trinajstić information content (AvgIpc) is 2.85. The number of aromatic nitrogens is 1. The normalized spacial score (nSPS) is 12.0. The monoisotopic (exact) mass is 328 g/mol. The number of benzene rings is 2. The summed E-state index contributed by atoms with van der Waals surface area (Å²) in [6.45, 7) is 4.84. The fraction of sp³-hybridized carbons (Fsp3) is 0.222. The van der Waals surface area contributed by atoms with Crippen molar-refractivity contribution in [2.75, 3.05) is 0 Å². The number of aryl methyl sites for hydroxylation is 2. The van der Waals surface area contributed by atoms with Gasteiger partial charge in [0.15, 0.2) is 4.80 Å². The largest absolute Gasteiger partial charge is 0.317 e. The minimum Gasteiger partial charge on any atom is -0.317 e. The van der Waals surface area contributed by atoms with Gasteiger partial charge in [-0.25, -0.2) is 4.39 Å². The highest BCUT2D eigenvalue weighted by Crippen LogP contribution is 2.18. The van der Waals surface area contributed by atoms with Crippen molar-refractivity contribution in [3.63, 3.8) is 0 Å². The van der Waals surface area contributed by atoms with Crippen molar-refractivity contribution in [2.45, 2.75) is 26.8 Å². The molecule has 0 atom stereocenters. The lowest BCUT2D eigenvalue weighted by atomic mass is 10.1. The van der Waals surface area contributed by atoms with Crippen molar-refractivity contribution in [3.05, 3.63) is 64.2 Å². The van der Waals surface area contributed by atoms with E-state index in [0.29, 0.717) is 4.80 Å². The van der Waals surface area contributed by atoms with Crippen molar-refractivity contribution in [1.29, 1.82) is 0 Å². The van der Waals surface area contributed by atoms with E-state index in [1.807, 2.05) is 18.4 Å². The molecule has 1 heterocycles. The Bertz CT molecular complexity index is 922. The minimum absolute atomic E-state index is 0.178. The highest BCUT2D eigenvalue weighted by atomic mass is 32.1. The number of nitrogens with zero attached hydrogens (tertiary/aromatic N) is 2. The van der Waals surface area contributed by atoms with Crippen LogP contribution in [-0.4, -0.2) is 10.5 Å². The zero-order valence-corrected chi connectivity index (χ0v) is 13.9. The first-order chi connectivity index (χ1) is 11.1. The molecular weight excluding hydrogens is 311 g/mol. The molecule has 23 heavy (non-hydrogen) atoms. The highest BCUT2D eigenvalue weighted by molar-refractivity contribution is 7.16. The Labute approximate surface area is 137 Å². The smallest absolute Gasteiger partial charge is 0.252 e. The number of fused-ring (bicyclic) bond motifs is 1. The van der Waals surface area contributed by atoms with Crippen LogP contribution >= 0.6 is 11.3 Å². The average molecular weight is 328 g/mol. The minimum atomic E-state index is -0.304. The molecule has 1 aromatic heterocycles. The second-order valence-corrected chi connectivity index (χ2v) is 6.42. The van der Waals surface area contributed by atoms with Crippen molar-refractivity contribution in [2.24, 2.45) is 4.99 Å². The third-order valence-electron chi connectivity index (χ3n) is 3.64. The lowest BCUT2D eigenvalue weighted by Gasteiger charge is -2.00. The molecule has 0 unspecified atom stereocenters. The first kappa shape index (κ1) is 15.6. The Kier molecular flexibility index (Phi) is 4.39. The van der Waals surface area contributed by atoms with Gasteiger partial charge in [-0.05, 0) is 49.2 Å². The summed E-state index contributed by atoms with van der Waals surface area (Å²) in [6, 6.07) is 12.2. The molecule has 3 rings (SSSR count). The quantitative estimate of drug-likeness (QED) is 0.719. The van der Waals surface area contributed by atoms with Gasteiger partial charge in [-0.3, -0.25) is 4.79 Å². The van der Waals surface area contributed by atoms with Crippen LogP contribution in [-0.2, 0) is 17.8 Å². The van der Waals surface area contributed by atoms with Gasteiger partial charge < -0.3 is 4.57 Å². The number of hydrogen-bond donors (Lipinski definition) is 0. The summed E-state index contributed by atoms with van der Waals surface area (Å²) in [6.07, 6.45) is 0.178. The molecule has 0 saturated heterocycles. The van der Waals surface area contributed by atoms with Gasteiger partial charge in [0.2, 0.25) is 0 Å². The van der Waals surface area contributed by atoms with Crippen LogP contribution in [0.1, 0.15) is 18.1 Å². The van der Waals surface area contributed by atoms with Crippen molar-refractivity contribution in [1.82, 2.24) is 4.57 Å². The summed E-state index contributed by atoms with van der Waals surface area (Å²) in [5.74, 6) is -0.524. The lowest BCUT2D eigenvalue weighted by Crippen LogP contribution is -2.16. The van der Waals surface area contributed by atoms with Gasteiger partial charge >= 0.3 is 0 Å². The molecule has 0 spiro atoms. The fourth-order valence-corrected chi connectivity index (χ4v) is 3.70. The number of carbonyl (C=O) groups excluding carboxylic acids is 1. The van der Waals surface area contributed by atoms with E-state index in [2.05, 4.69) is 23.2 Å². The number of rotatable bonds is 3. The van der Waals surface area contributed by atoms with E-state index in [1.54, 1.807) is 12.1 Å². The number of thiazole rings is 1. The predicted molar refractivity (Wildman–Crippen MR) is 90.9 cm³/mol. The molecule has 118 valence electrons. The van der Waals surface area contributed by atoms with Gasteiger partial charge in [0, 0.05) is 6.54 Å². The van der Waals surface area contributed by atoms with Crippen LogP contribution in [0.15, 0.2) is 47.5 Å². The van der Waals surface area contributed by atoms with Crippen LogP contribution in [0.3, 0.4) is 0 Å². The van der Waals surface area contributed by atoms with E-state index in [4.69, 9.17) is 0 Å². The molecule has 3 aromatic rings. The molecule has 0 aliphatic carbocycles. The van der Waals surface area contributed by atoms with Crippen molar-refractivity contribution >= 4 is 27.5 Å². The molecule has 0 radical (unpaired) electrons. The molecule has 1 amide bonds. The van der Waals surface area contributed by atoms with Crippen molar-refractivity contribution in [3.8, 4) is 0 Å². The van der Waals surface area contributed by atoms with Crippen LogP contribution in [0.5, 0.6) is 0 Å². The van der Waals surface area contributed by atoms with Gasteiger partial charge in [0.1, 0.15) is 5.82 Å². The maximum Gasteiger partial charge on any atom is 0.252 e. The summed E-state index contributed by atoms with van der Waals surface area (Å²) >= 11 is 1.52. The Balaban J connectivity index is 1.96. The fourth-order valence-electron chi connectivity index (χ4n) is 2.49. The highest BCUT2D eigenvalue weighted by Gasteiger charge is 2.07. The maximum atomic E-state index is 12.9. The Morgan fingerprint density at radius 3 is 2.65 bits per heavy atom. The maximum absolute atomic E-state index is 12.9. The Hall–Kier alpha value is -2.27. The van der Waals surface area contributed by atoms with Crippen LogP contribution < -0.4 is 4.80 Å². The molecule has 0 N–H and O–H groups in total. The lowest BCUT2D eigenvalue weighted by molar-refractivity contribution is -0.117. The Morgan fingerprint density at radius 1 is 1.22 bits per heavy atom. The molecule has 0 aliphatic heterocycles. The zero-order valence-electron chi connectivity index (χ0n) is 13.0. The van der Waals surface area contributed by atoms with Gasteiger partial charge in [0.25, 0.3) is 5.91 Å². The molecular formula is C18H17FN2OS. The van der Waals surface area contributed by atoms with Crippen LogP contribution in [0.2, 0.25) is 0 Å². The zero-order chi connectivity index (χ0) is 16.4. The van der Waals surface area contributed by atoms with E-state index in [9.17, 15) is 9.18 Å². The van der Waals surface area contributed by atoms with Crippen LogP contribution in [0.25, 0.3) is 10.2 Å². The number of amides is 1. The molecule has 5 heteroatoms.